The number of ether oxygens (including phenoxy) is 2. The molecule has 1 aliphatic heterocycles. The lowest BCUT2D eigenvalue weighted by Crippen LogP contribution is -2.23. The van der Waals surface area contributed by atoms with Crippen LogP contribution in [0.1, 0.15) is 42.8 Å². The van der Waals surface area contributed by atoms with Gasteiger partial charge in [-0.15, -0.1) is 0 Å². The van der Waals surface area contributed by atoms with Crippen molar-refractivity contribution in [1.29, 1.82) is 0 Å². The largest absolute Gasteiger partial charge is 0.493 e. The molecule has 1 atom stereocenters. The average molecular weight is 316 g/mol. The van der Waals surface area contributed by atoms with Crippen LogP contribution in [-0.4, -0.2) is 30.3 Å². The summed E-state index contributed by atoms with van der Waals surface area (Å²) in [6, 6.07) is 8.54. The molecule has 2 heterocycles. The number of benzene rings is 1. The van der Waals surface area contributed by atoms with E-state index in [-0.39, 0.29) is 0 Å². The molecular formula is C18H24N2O3. The Balaban J connectivity index is 1.75. The Kier molecular flexibility index (Phi) is 4.86. The molecule has 0 bridgehead atoms. The monoisotopic (exact) mass is 316 g/mol. The van der Waals surface area contributed by atoms with Gasteiger partial charge in [0, 0.05) is 12.6 Å². The quantitative estimate of drug-likeness (QED) is 0.812. The van der Waals surface area contributed by atoms with E-state index in [1.807, 2.05) is 26.0 Å². The summed E-state index contributed by atoms with van der Waals surface area (Å²) < 4.78 is 16.3. The molecule has 1 fully saturated rings. The van der Waals surface area contributed by atoms with Crippen LogP contribution in [0.15, 0.2) is 28.8 Å². The zero-order valence-corrected chi connectivity index (χ0v) is 14.0. The number of hydrogen-bond donors (Lipinski definition) is 0. The van der Waals surface area contributed by atoms with Crippen molar-refractivity contribution in [3.63, 3.8) is 0 Å². The van der Waals surface area contributed by atoms with Gasteiger partial charge in [0.15, 0.2) is 11.5 Å². The molecule has 1 saturated heterocycles. The van der Waals surface area contributed by atoms with Gasteiger partial charge in [-0.05, 0) is 50.9 Å². The molecule has 0 N–H and O–H groups in total. The standard InChI is InChI=1S/C18H24N2O3/c1-4-22-17-8-7-14(11-18(17)21-3)12-20-9-5-6-16(20)15-10-13(2)23-19-15/h7-8,10-11,16H,4-6,9,12H2,1-3H3/t16-/m1/s1. The van der Waals surface area contributed by atoms with Crippen molar-refractivity contribution in [1.82, 2.24) is 10.1 Å². The maximum atomic E-state index is 5.59. The lowest BCUT2D eigenvalue weighted by Gasteiger charge is -2.23. The van der Waals surface area contributed by atoms with E-state index >= 15 is 0 Å². The molecule has 0 unspecified atom stereocenters. The average Bonchev–Trinajstić information content (AvgIpc) is 3.17. The Morgan fingerprint density at radius 2 is 2.17 bits per heavy atom. The fourth-order valence-corrected chi connectivity index (χ4v) is 3.21. The van der Waals surface area contributed by atoms with Crippen molar-refractivity contribution >= 4 is 0 Å². The van der Waals surface area contributed by atoms with Gasteiger partial charge in [0.05, 0.1) is 19.8 Å². The second-order valence-electron chi connectivity index (χ2n) is 5.91. The molecule has 1 aromatic carbocycles. The summed E-state index contributed by atoms with van der Waals surface area (Å²) in [5.74, 6) is 2.45. The number of rotatable bonds is 6. The van der Waals surface area contributed by atoms with E-state index in [4.69, 9.17) is 14.0 Å². The van der Waals surface area contributed by atoms with Crippen LogP contribution in [0.4, 0.5) is 0 Å². The number of hydrogen-bond acceptors (Lipinski definition) is 5. The Labute approximate surface area is 137 Å². The van der Waals surface area contributed by atoms with Crippen molar-refractivity contribution in [2.75, 3.05) is 20.3 Å². The van der Waals surface area contributed by atoms with Crippen LogP contribution in [-0.2, 0) is 6.54 Å². The van der Waals surface area contributed by atoms with Crippen LogP contribution in [0.25, 0.3) is 0 Å². The third kappa shape index (κ3) is 3.50. The fraction of sp³-hybridized carbons (Fsp3) is 0.500. The maximum absolute atomic E-state index is 5.59. The van der Waals surface area contributed by atoms with Crippen molar-refractivity contribution in [3.8, 4) is 11.5 Å². The van der Waals surface area contributed by atoms with Gasteiger partial charge in [0.25, 0.3) is 0 Å². The van der Waals surface area contributed by atoms with Crippen molar-refractivity contribution in [2.24, 2.45) is 0 Å². The molecule has 0 saturated carbocycles. The van der Waals surface area contributed by atoms with E-state index in [9.17, 15) is 0 Å². The van der Waals surface area contributed by atoms with Gasteiger partial charge >= 0.3 is 0 Å². The molecule has 0 spiro atoms. The first-order chi connectivity index (χ1) is 11.2. The zero-order valence-electron chi connectivity index (χ0n) is 14.0. The molecule has 5 heteroatoms. The Morgan fingerprint density at radius 1 is 1.30 bits per heavy atom. The van der Waals surface area contributed by atoms with Gasteiger partial charge in [0.1, 0.15) is 11.5 Å². The smallest absolute Gasteiger partial charge is 0.161 e. The van der Waals surface area contributed by atoms with Gasteiger partial charge < -0.3 is 14.0 Å². The first kappa shape index (κ1) is 15.9. The minimum atomic E-state index is 0.338. The highest BCUT2D eigenvalue weighted by Crippen LogP contribution is 2.34. The van der Waals surface area contributed by atoms with Gasteiger partial charge in [0.2, 0.25) is 0 Å². The van der Waals surface area contributed by atoms with Crippen LogP contribution < -0.4 is 9.47 Å². The lowest BCUT2D eigenvalue weighted by atomic mass is 10.1. The summed E-state index contributed by atoms with van der Waals surface area (Å²) in [6.45, 7) is 6.50. The first-order valence-corrected chi connectivity index (χ1v) is 8.18. The summed E-state index contributed by atoms with van der Waals surface area (Å²) in [5.41, 5.74) is 2.26. The van der Waals surface area contributed by atoms with Crippen molar-refractivity contribution in [2.45, 2.75) is 39.3 Å². The molecule has 0 amide bonds. The van der Waals surface area contributed by atoms with E-state index in [1.165, 1.54) is 12.0 Å². The second-order valence-corrected chi connectivity index (χ2v) is 5.91. The molecule has 2 aromatic rings. The van der Waals surface area contributed by atoms with E-state index < -0.39 is 0 Å². The van der Waals surface area contributed by atoms with Crippen LogP contribution >= 0.6 is 0 Å². The normalized spacial score (nSPS) is 18.3. The van der Waals surface area contributed by atoms with E-state index in [1.54, 1.807) is 7.11 Å². The summed E-state index contributed by atoms with van der Waals surface area (Å²) in [5, 5.41) is 4.20. The van der Waals surface area contributed by atoms with Gasteiger partial charge in [-0.25, -0.2) is 0 Å². The minimum absolute atomic E-state index is 0.338. The molecule has 124 valence electrons. The van der Waals surface area contributed by atoms with Crippen molar-refractivity contribution in [3.05, 3.63) is 41.3 Å². The van der Waals surface area contributed by atoms with E-state index in [0.29, 0.717) is 12.6 Å². The Bertz CT molecular complexity index is 653. The Morgan fingerprint density at radius 3 is 2.87 bits per heavy atom. The number of aromatic nitrogens is 1. The first-order valence-electron chi connectivity index (χ1n) is 8.18. The van der Waals surface area contributed by atoms with Crippen LogP contribution in [0.2, 0.25) is 0 Å². The van der Waals surface area contributed by atoms with Crippen LogP contribution in [0.5, 0.6) is 11.5 Å². The van der Waals surface area contributed by atoms with Crippen LogP contribution in [0.3, 0.4) is 0 Å². The predicted octanol–water partition coefficient (Wildman–Crippen LogP) is 3.73. The Hall–Kier alpha value is -2.01. The number of aryl methyl sites for hydroxylation is 1. The maximum Gasteiger partial charge on any atom is 0.161 e. The molecular weight excluding hydrogens is 292 g/mol. The SMILES string of the molecule is CCOc1ccc(CN2CCC[C@@H]2c2cc(C)on2)cc1OC. The lowest BCUT2D eigenvalue weighted by molar-refractivity contribution is 0.236. The van der Waals surface area contributed by atoms with E-state index in [2.05, 4.69) is 22.2 Å². The highest BCUT2D eigenvalue weighted by molar-refractivity contribution is 5.43. The predicted molar refractivity (Wildman–Crippen MR) is 87.8 cm³/mol. The second kappa shape index (κ2) is 7.04. The minimum Gasteiger partial charge on any atom is -0.493 e. The van der Waals surface area contributed by atoms with E-state index in [0.717, 1.165) is 42.5 Å². The highest BCUT2D eigenvalue weighted by atomic mass is 16.5. The molecule has 1 aliphatic rings. The van der Waals surface area contributed by atoms with Gasteiger partial charge in [-0.1, -0.05) is 11.2 Å². The third-order valence-electron chi connectivity index (χ3n) is 4.26. The topological polar surface area (TPSA) is 47.7 Å². The zero-order chi connectivity index (χ0) is 16.2. The summed E-state index contributed by atoms with van der Waals surface area (Å²) in [4.78, 5) is 2.45. The number of likely N-dealkylation sites (tertiary alicyclic amines) is 1. The molecule has 0 radical (unpaired) electrons. The molecule has 0 aliphatic carbocycles. The number of methoxy groups -OCH3 is 1. The van der Waals surface area contributed by atoms with Gasteiger partial charge in [-0.3, -0.25) is 4.90 Å². The molecule has 5 nitrogen and oxygen atoms in total. The van der Waals surface area contributed by atoms with Crippen LogP contribution in [0, 0.1) is 6.92 Å². The fourth-order valence-electron chi connectivity index (χ4n) is 3.21. The summed E-state index contributed by atoms with van der Waals surface area (Å²) in [7, 11) is 1.68. The van der Waals surface area contributed by atoms with Gasteiger partial charge in [-0.2, -0.15) is 0 Å². The third-order valence-corrected chi connectivity index (χ3v) is 4.26. The highest BCUT2D eigenvalue weighted by Gasteiger charge is 2.28. The summed E-state index contributed by atoms with van der Waals surface area (Å²) in [6.07, 6.45) is 2.31. The van der Waals surface area contributed by atoms with Crippen molar-refractivity contribution < 1.29 is 14.0 Å². The molecule has 23 heavy (non-hydrogen) atoms. The molecule has 3 rings (SSSR count). The number of nitrogens with zero attached hydrogens (tertiary/aromatic N) is 2. The molecule has 1 aromatic heterocycles. The summed E-state index contributed by atoms with van der Waals surface area (Å²) >= 11 is 0.